The van der Waals surface area contributed by atoms with Crippen LogP contribution in [0.4, 0.5) is 0 Å². The number of aryl methyl sites for hydroxylation is 2. The highest BCUT2D eigenvalue weighted by Gasteiger charge is 2.29. The summed E-state index contributed by atoms with van der Waals surface area (Å²) < 4.78 is 0. The Balaban J connectivity index is 2.29. The van der Waals surface area contributed by atoms with E-state index in [0.717, 1.165) is 12.3 Å². The van der Waals surface area contributed by atoms with E-state index in [1.54, 1.807) is 0 Å². The molecule has 1 aromatic rings. The summed E-state index contributed by atoms with van der Waals surface area (Å²) in [6.07, 6.45) is 0. The largest absolute Gasteiger partial charge is 0.300 e. The summed E-state index contributed by atoms with van der Waals surface area (Å²) >= 11 is 2.02. The first-order valence-corrected chi connectivity index (χ1v) is 7.60. The second-order valence-electron chi connectivity index (χ2n) is 5.13. The number of nitrogens with zero attached hydrogens (tertiary/aromatic N) is 1. The summed E-state index contributed by atoms with van der Waals surface area (Å²) in [6.45, 7) is 5.43. The van der Waals surface area contributed by atoms with Crippen molar-refractivity contribution < 1.29 is 0 Å². The minimum absolute atomic E-state index is 0.211. The van der Waals surface area contributed by atoms with Crippen LogP contribution in [-0.4, -0.2) is 36.0 Å². The molecule has 1 aromatic carbocycles. The lowest BCUT2D eigenvalue weighted by atomic mass is 9.94. The first kappa shape index (κ1) is 13.9. The van der Waals surface area contributed by atoms with E-state index in [4.69, 9.17) is 5.84 Å². The molecule has 1 saturated heterocycles. The molecule has 0 radical (unpaired) electrons. The monoisotopic (exact) mass is 265 g/mol. The number of nitrogens with two attached hydrogens (primary N) is 1. The highest BCUT2D eigenvalue weighted by atomic mass is 32.2. The van der Waals surface area contributed by atoms with Crippen LogP contribution in [0, 0.1) is 13.8 Å². The minimum atomic E-state index is 0.211. The zero-order valence-corrected chi connectivity index (χ0v) is 12.3. The Morgan fingerprint density at radius 2 is 2.22 bits per heavy atom. The molecule has 0 aromatic heterocycles. The standard InChI is InChI=1S/C14H23N3S/c1-10-4-5-11(2)12(8-10)14(16-15)13-9-18-7-6-17(13)3/h4-5,8,13-14,16H,6-7,9,15H2,1-3H3. The Labute approximate surface area is 114 Å². The van der Waals surface area contributed by atoms with E-state index in [1.165, 1.54) is 22.4 Å². The van der Waals surface area contributed by atoms with Gasteiger partial charge < -0.3 is 0 Å². The molecule has 2 atom stereocenters. The maximum atomic E-state index is 5.83. The van der Waals surface area contributed by atoms with Crippen molar-refractivity contribution in [2.45, 2.75) is 25.9 Å². The van der Waals surface area contributed by atoms with E-state index in [-0.39, 0.29) is 6.04 Å². The van der Waals surface area contributed by atoms with Gasteiger partial charge in [0.25, 0.3) is 0 Å². The van der Waals surface area contributed by atoms with Crippen molar-refractivity contribution in [3.8, 4) is 0 Å². The fourth-order valence-corrected chi connectivity index (χ4v) is 3.83. The van der Waals surface area contributed by atoms with Gasteiger partial charge >= 0.3 is 0 Å². The summed E-state index contributed by atoms with van der Waals surface area (Å²) in [6, 6.07) is 7.28. The number of thioether (sulfide) groups is 1. The number of nitrogens with one attached hydrogen (secondary N) is 1. The summed E-state index contributed by atoms with van der Waals surface area (Å²) in [5.41, 5.74) is 6.97. The van der Waals surface area contributed by atoms with E-state index in [1.807, 2.05) is 11.8 Å². The molecule has 3 nitrogen and oxygen atoms in total. The smallest absolute Gasteiger partial charge is 0.0625 e. The number of rotatable bonds is 3. The molecule has 4 heteroatoms. The number of hydrogen-bond acceptors (Lipinski definition) is 4. The van der Waals surface area contributed by atoms with Crippen LogP contribution in [0.3, 0.4) is 0 Å². The molecule has 0 saturated carbocycles. The van der Waals surface area contributed by atoms with Gasteiger partial charge in [0.05, 0.1) is 6.04 Å². The average molecular weight is 265 g/mol. The molecule has 0 bridgehead atoms. The molecule has 2 unspecified atom stereocenters. The van der Waals surface area contributed by atoms with Crippen molar-refractivity contribution in [3.63, 3.8) is 0 Å². The van der Waals surface area contributed by atoms with Crippen LogP contribution in [0.2, 0.25) is 0 Å². The first-order valence-electron chi connectivity index (χ1n) is 6.44. The fraction of sp³-hybridized carbons (Fsp3) is 0.571. The number of benzene rings is 1. The van der Waals surface area contributed by atoms with E-state index in [0.29, 0.717) is 6.04 Å². The molecule has 1 aliphatic rings. The topological polar surface area (TPSA) is 41.3 Å². The Morgan fingerprint density at radius 3 is 2.89 bits per heavy atom. The zero-order valence-electron chi connectivity index (χ0n) is 11.4. The van der Waals surface area contributed by atoms with Crippen molar-refractivity contribution in [2.75, 3.05) is 25.1 Å². The molecular formula is C14H23N3S. The Morgan fingerprint density at radius 1 is 1.44 bits per heavy atom. The van der Waals surface area contributed by atoms with Crippen molar-refractivity contribution in [1.82, 2.24) is 10.3 Å². The van der Waals surface area contributed by atoms with Crippen LogP contribution in [0.15, 0.2) is 18.2 Å². The highest BCUT2D eigenvalue weighted by Crippen LogP contribution is 2.28. The summed E-state index contributed by atoms with van der Waals surface area (Å²) in [7, 11) is 2.19. The summed E-state index contributed by atoms with van der Waals surface area (Å²) in [4.78, 5) is 2.42. The average Bonchev–Trinajstić information content (AvgIpc) is 2.36. The number of hydrogen-bond donors (Lipinski definition) is 2. The van der Waals surface area contributed by atoms with Gasteiger partial charge in [0.15, 0.2) is 0 Å². The van der Waals surface area contributed by atoms with Crippen LogP contribution in [0.1, 0.15) is 22.7 Å². The van der Waals surface area contributed by atoms with Gasteiger partial charge in [-0.05, 0) is 32.0 Å². The van der Waals surface area contributed by atoms with Gasteiger partial charge in [0.2, 0.25) is 0 Å². The second kappa shape index (κ2) is 6.06. The third-order valence-electron chi connectivity index (χ3n) is 3.78. The lowest BCUT2D eigenvalue weighted by Gasteiger charge is -2.38. The third-order valence-corrected chi connectivity index (χ3v) is 4.83. The Hall–Kier alpha value is -0.550. The molecule has 0 spiro atoms. The van der Waals surface area contributed by atoms with Crippen molar-refractivity contribution >= 4 is 11.8 Å². The van der Waals surface area contributed by atoms with Gasteiger partial charge in [-0.3, -0.25) is 16.2 Å². The lowest BCUT2D eigenvalue weighted by Crippen LogP contribution is -2.49. The molecule has 3 N–H and O–H groups in total. The zero-order chi connectivity index (χ0) is 13.1. The summed E-state index contributed by atoms with van der Waals surface area (Å²) in [5.74, 6) is 8.19. The molecule has 100 valence electrons. The fourth-order valence-electron chi connectivity index (χ4n) is 2.56. The van der Waals surface area contributed by atoms with Gasteiger partial charge in [0.1, 0.15) is 0 Å². The normalized spacial score (nSPS) is 23.0. The minimum Gasteiger partial charge on any atom is -0.300 e. The quantitative estimate of drug-likeness (QED) is 0.646. The maximum absolute atomic E-state index is 5.83. The molecule has 0 amide bonds. The molecule has 2 rings (SSSR count). The van der Waals surface area contributed by atoms with Crippen molar-refractivity contribution in [3.05, 3.63) is 34.9 Å². The van der Waals surface area contributed by atoms with E-state index in [2.05, 4.69) is 49.4 Å². The predicted octanol–water partition coefficient (Wildman–Crippen LogP) is 1.86. The van der Waals surface area contributed by atoms with Gasteiger partial charge in [0, 0.05) is 24.1 Å². The van der Waals surface area contributed by atoms with E-state index >= 15 is 0 Å². The van der Waals surface area contributed by atoms with Crippen LogP contribution in [0.5, 0.6) is 0 Å². The maximum Gasteiger partial charge on any atom is 0.0625 e. The SMILES string of the molecule is Cc1ccc(C)c(C(NN)C2CSCCN2C)c1. The first-order chi connectivity index (χ1) is 8.63. The lowest BCUT2D eigenvalue weighted by molar-refractivity contribution is 0.216. The highest BCUT2D eigenvalue weighted by molar-refractivity contribution is 7.99. The molecular weight excluding hydrogens is 242 g/mol. The number of likely N-dealkylation sites (N-methyl/N-ethyl adjacent to an activating group) is 1. The van der Waals surface area contributed by atoms with Gasteiger partial charge in [-0.15, -0.1) is 0 Å². The molecule has 1 heterocycles. The van der Waals surface area contributed by atoms with Crippen molar-refractivity contribution in [1.29, 1.82) is 0 Å². The molecule has 1 aliphatic heterocycles. The predicted molar refractivity (Wildman–Crippen MR) is 79.7 cm³/mol. The molecule has 1 fully saturated rings. The van der Waals surface area contributed by atoms with E-state index < -0.39 is 0 Å². The number of hydrazine groups is 1. The second-order valence-corrected chi connectivity index (χ2v) is 6.28. The van der Waals surface area contributed by atoms with Crippen LogP contribution in [0.25, 0.3) is 0 Å². The molecule has 18 heavy (non-hydrogen) atoms. The van der Waals surface area contributed by atoms with Crippen LogP contribution >= 0.6 is 11.8 Å². The van der Waals surface area contributed by atoms with Crippen LogP contribution < -0.4 is 11.3 Å². The Kier molecular flexibility index (Phi) is 4.67. The Bertz CT molecular complexity index is 408. The third kappa shape index (κ3) is 2.88. The molecule has 0 aliphatic carbocycles. The van der Waals surface area contributed by atoms with Gasteiger partial charge in [-0.2, -0.15) is 11.8 Å². The van der Waals surface area contributed by atoms with Crippen LogP contribution in [-0.2, 0) is 0 Å². The van der Waals surface area contributed by atoms with E-state index in [9.17, 15) is 0 Å². The van der Waals surface area contributed by atoms with Crippen molar-refractivity contribution in [2.24, 2.45) is 5.84 Å². The van der Waals surface area contributed by atoms with Gasteiger partial charge in [-0.1, -0.05) is 23.8 Å². The summed E-state index contributed by atoms with van der Waals surface area (Å²) in [5, 5.41) is 0. The van der Waals surface area contributed by atoms with Gasteiger partial charge in [-0.25, -0.2) is 0 Å².